The summed E-state index contributed by atoms with van der Waals surface area (Å²) in [6, 6.07) is 11.1. The Balaban J connectivity index is 1.90. The van der Waals surface area contributed by atoms with Crippen LogP contribution in [0.2, 0.25) is 5.15 Å². The van der Waals surface area contributed by atoms with E-state index in [4.69, 9.17) is 11.6 Å². The fraction of sp³-hybridized carbons (Fsp3) is 0.286. The second-order valence-electron chi connectivity index (χ2n) is 4.41. The van der Waals surface area contributed by atoms with E-state index in [-0.39, 0.29) is 11.0 Å². The van der Waals surface area contributed by atoms with E-state index < -0.39 is 12.0 Å². The normalized spacial score (nSPS) is 11.4. The summed E-state index contributed by atoms with van der Waals surface area (Å²) in [5, 5.41) is 2.60. The van der Waals surface area contributed by atoms with Crippen LogP contribution >= 0.6 is 11.6 Å². The number of halogens is 4. The molecule has 0 saturated carbocycles. The smallest absolute Gasteiger partial charge is 0.370 e. The van der Waals surface area contributed by atoms with E-state index in [9.17, 15) is 13.2 Å². The molecule has 2 aromatic rings. The van der Waals surface area contributed by atoms with Gasteiger partial charge < -0.3 is 5.32 Å². The number of alkyl halides is 3. The predicted octanol–water partition coefficient (Wildman–Crippen LogP) is 4.19. The molecular formula is C14H13ClF3N3. The first-order valence-electron chi connectivity index (χ1n) is 6.35. The molecule has 0 spiro atoms. The number of nitrogens with one attached hydrogen (secondary N) is 1. The van der Waals surface area contributed by atoms with Crippen LogP contribution in [0.25, 0.3) is 0 Å². The van der Waals surface area contributed by atoms with Crippen molar-refractivity contribution >= 4 is 17.4 Å². The summed E-state index contributed by atoms with van der Waals surface area (Å²) in [4.78, 5) is 6.59. The van der Waals surface area contributed by atoms with Crippen LogP contribution in [0.1, 0.15) is 17.8 Å². The largest absolute Gasteiger partial charge is 0.451 e. The van der Waals surface area contributed by atoms with Gasteiger partial charge in [0.05, 0.1) is 0 Å². The Hall–Kier alpha value is -1.82. The molecule has 7 heteroatoms. The zero-order valence-corrected chi connectivity index (χ0v) is 11.7. The van der Waals surface area contributed by atoms with Crippen LogP contribution in [-0.2, 0) is 12.6 Å². The number of aryl methyl sites for hydroxylation is 1. The number of hydrogen-bond acceptors (Lipinski definition) is 3. The zero-order valence-electron chi connectivity index (χ0n) is 11.0. The van der Waals surface area contributed by atoms with Gasteiger partial charge in [-0.2, -0.15) is 13.2 Å². The molecule has 0 amide bonds. The molecular weight excluding hydrogens is 303 g/mol. The van der Waals surface area contributed by atoms with Crippen molar-refractivity contribution in [2.75, 3.05) is 11.9 Å². The van der Waals surface area contributed by atoms with E-state index in [2.05, 4.69) is 15.3 Å². The van der Waals surface area contributed by atoms with E-state index >= 15 is 0 Å². The lowest BCUT2D eigenvalue weighted by atomic mass is 10.1. The first-order chi connectivity index (χ1) is 9.95. The highest BCUT2D eigenvalue weighted by molar-refractivity contribution is 6.29. The van der Waals surface area contributed by atoms with Crippen LogP contribution in [0, 0.1) is 0 Å². The highest BCUT2D eigenvalue weighted by atomic mass is 35.5. The number of hydrogen-bond donors (Lipinski definition) is 1. The van der Waals surface area contributed by atoms with Gasteiger partial charge in [-0.15, -0.1) is 0 Å². The summed E-state index contributed by atoms with van der Waals surface area (Å²) < 4.78 is 37.6. The summed E-state index contributed by atoms with van der Waals surface area (Å²) in [5.41, 5.74) is 1.18. The van der Waals surface area contributed by atoms with E-state index in [1.165, 1.54) is 11.6 Å². The molecule has 0 bridgehead atoms. The molecule has 0 aliphatic heterocycles. The second kappa shape index (κ2) is 6.76. The Kier molecular flexibility index (Phi) is 5.01. The van der Waals surface area contributed by atoms with Crippen molar-refractivity contribution in [3.63, 3.8) is 0 Å². The molecule has 2 rings (SSSR count). The maximum Gasteiger partial charge on any atom is 0.451 e. The van der Waals surface area contributed by atoms with Crippen LogP contribution in [-0.4, -0.2) is 16.5 Å². The molecule has 1 heterocycles. The number of benzene rings is 1. The molecule has 0 unspecified atom stereocenters. The third-order valence-electron chi connectivity index (χ3n) is 2.74. The maximum absolute atomic E-state index is 12.5. The van der Waals surface area contributed by atoms with Crippen molar-refractivity contribution in [2.24, 2.45) is 0 Å². The van der Waals surface area contributed by atoms with Gasteiger partial charge >= 0.3 is 6.18 Å². The van der Waals surface area contributed by atoms with Gasteiger partial charge in [-0.1, -0.05) is 41.9 Å². The summed E-state index contributed by atoms with van der Waals surface area (Å²) in [6.07, 6.45) is -3.00. The van der Waals surface area contributed by atoms with Gasteiger partial charge in [0, 0.05) is 12.6 Å². The molecule has 0 radical (unpaired) electrons. The van der Waals surface area contributed by atoms with Crippen molar-refractivity contribution in [3.05, 3.63) is 52.9 Å². The van der Waals surface area contributed by atoms with Gasteiger partial charge in [0.15, 0.2) is 0 Å². The molecule has 112 valence electrons. The molecule has 0 atom stereocenters. The minimum atomic E-state index is -4.61. The SMILES string of the molecule is FC(F)(F)c1nc(Cl)cc(NCCCc2ccccc2)n1. The van der Waals surface area contributed by atoms with Crippen molar-refractivity contribution < 1.29 is 13.2 Å². The van der Waals surface area contributed by atoms with E-state index in [0.29, 0.717) is 6.54 Å². The van der Waals surface area contributed by atoms with Crippen LogP contribution in [0.4, 0.5) is 19.0 Å². The fourth-order valence-corrected chi connectivity index (χ4v) is 1.97. The van der Waals surface area contributed by atoms with Gasteiger partial charge in [-0.3, -0.25) is 0 Å². The van der Waals surface area contributed by atoms with Crippen LogP contribution in [0.5, 0.6) is 0 Å². The van der Waals surface area contributed by atoms with Crippen molar-refractivity contribution in [3.8, 4) is 0 Å². The van der Waals surface area contributed by atoms with E-state index in [1.807, 2.05) is 30.3 Å². The summed E-state index contributed by atoms with van der Waals surface area (Å²) in [5.74, 6) is -1.16. The Morgan fingerprint density at radius 3 is 2.48 bits per heavy atom. The average molecular weight is 316 g/mol. The van der Waals surface area contributed by atoms with Crippen molar-refractivity contribution in [2.45, 2.75) is 19.0 Å². The quantitative estimate of drug-likeness (QED) is 0.664. The minimum Gasteiger partial charge on any atom is -0.370 e. The van der Waals surface area contributed by atoms with Gasteiger partial charge in [0.1, 0.15) is 11.0 Å². The van der Waals surface area contributed by atoms with Crippen LogP contribution in [0.3, 0.4) is 0 Å². The summed E-state index contributed by atoms with van der Waals surface area (Å²) in [6.45, 7) is 0.500. The molecule has 3 nitrogen and oxygen atoms in total. The minimum absolute atomic E-state index is 0.0791. The molecule has 1 aromatic heterocycles. The number of nitrogens with zero attached hydrogens (tertiary/aromatic N) is 2. The molecule has 0 aliphatic rings. The van der Waals surface area contributed by atoms with Crippen LogP contribution in [0.15, 0.2) is 36.4 Å². The van der Waals surface area contributed by atoms with Crippen LogP contribution < -0.4 is 5.32 Å². The molecule has 1 aromatic carbocycles. The number of rotatable bonds is 5. The highest BCUT2D eigenvalue weighted by Gasteiger charge is 2.35. The van der Waals surface area contributed by atoms with Gasteiger partial charge in [-0.25, -0.2) is 9.97 Å². The highest BCUT2D eigenvalue weighted by Crippen LogP contribution is 2.28. The average Bonchev–Trinajstić information content (AvgIpc) is 2.43. The Morgan fingerprint density at radius 1 is 1.10 bits per heavy atom. The predicted molar refractivity (Wildman–Crippen MR) is 75.3 cm³/mol. The number of anilines is 1. The lowest BCUT2D eigenvalue weighted by molar-refractivity contribution is -0.144. The van der Waals surface area contributed by atoms with E-state index in [1.54, 1.807) is 0 Å². The third kappa shape index (κ3) is 4.90. The van der Waals surface area contributed by atoms with Gasteiger partial charge in [0.2, 0.25) is 5.82 Å². The molecule has 0 fully saturated rings. The number of aromatic nitrogens is 2. The summed E-state index contributed by atoms with van der Waals surface area (Å²) >= 11 is 5.57. The Morgan fingerprint density at radius 2 is 1.81 bits per heavy atom. The molecule has 21 heavy (non-hydrogen) atoms. The monoisotopic (exact) mass is 315 g/mol. The first kappa shape index (κ1) is 15.6. The first-order valence-corrected chi connectivity index (χ1v) is 6.72. The summed E-state index contributed by atoms with van der Waals surface area (Å²) in [7, 11) is 0. The van der Waals surface area contributed by atoms with E-state index in [0.717, 1.165) is 12.8 Å². The molecule has 0 saturated heterocycles. The molecule has 0 aliphatic carbocycles. The zero-order chi connectivity index (χ0) is 15.3. The lowest BCUT2D eigenvalue weighted by Crippen LogP contribution is -2.13. The fourth-order valence-electron chi connectivity index (χ4n) is 1.79. The second-order valence-corrected chi connectivity index (χ2v) is 4.80. The molecule has 1 N–H and O–H groups in total. The maximum atomic E-state index is 12.5. The van der Waals surface area contributed by atoms with Gasteiger partial charge in [-0.05, 0) is 18.4 Å². The van der Waals surface area contributed by atoms with Crippen molar-refractivity contribution in [1.29, 1.82) is 0 Å². The lowest BCUT2D eigenvalue weighted by Gasteiger charge is -2.09. The third-order valence-corrected chi connectivity index (χ3v) is 2.93. The van der Waals surface area contributed by atoms with Crippen molar-refractivity contribution in [1.82, 2.24) is 9.97 Å². The Labute approximate surface area is 125 Å². The standard InChI is InChI=1S/C14H13ClF3N3/c15-11-9-12(21-13(20-11)14(16,17)18)19-8-4-7-10-5-2-1-3-6-10/h1-3,5-6,9H,4,7-8H2,(H,19,20,21). The van der Waals surface area contributed by atoms with Gasteiger partial charge in [0.25, 0.3) is 0 Å². The topological polar surface area (TPSA) is 37.8 Å². The Bertz CT molecular complexity index is 588.